The molecule has 7 heteroatoms. The summed E-state index contributed by atoms with van der Waals surface area (Å²) in [4.78, 5) is 13.4. The zero-order chi connectivity index (χ0) is 23.8. The predicted molar refractivity (Wildman–Crippen MR) is 127 cm³/mol. The molecule has 2 aromatic rings. The van der Waals surface area contributed by atoms with Gasteiger partial charge >= 0.3 is 0 Å². The molecule has 1 amide bonds. The van der Waals surface area contributed by atoms with E-state index in [-0.39, 0.29) is 5.56 Å². The molecular formula is C24H35F3N2OS. The van der Waals surface area contributed by atoms with Gasteiger partial charge in [-0.3, -0.25) is 9.18 Å². The van der Waals surface area contributed by atoms with Crippen LogP contribution in [-0.2, 0) is 4.79 Å². The topological polar surface area (TPSA) is 46.3 Å². The van der Waals surface area contributed by atoms with E-state index in [0.717, 1.165) is 31.8 Å². The van der Waals surface area contributed by atoms with E-state index in [1.807, 2.05) is 11.0 Å². The van der Waals surface area contributed by atoms with Crippen LogP contribution in [0.5, 0.6) is 0 Å². The summed E-state index contributed by atoms with van der Waals surface area (Å²) in [7, 11) is 2.00. The van der Waals surface area contributed by atoms with Crippen LogP contribution in [0.15, 0.2) is 48.5 Å². The SMILES string of the molecule is CCC1CN(C(=O)C2CC2)C1.CF.CN.CS.Fc1cccc(F)c1-c1ccccc1. The monoisotopic (exact) mass is 456 g/mol. The molecule has 1 saturated carbocycles. The largest absolute Gasteiger partial charge is 0.342 e. The number of amides is 1. The van der Waals surface area contributed by atoms with Crippen molar-refractivity contribution in [3.8, 4) is 11.1 Å². The highest BCUT2D eigenvalue weighted by Gasteiger charge is 2.38. The minimum atomic E-state index is -0.531. The van der Waals surface area contributed by atoms with Crippen LogP contribution in [0.3, 0.4) is 0 Å². The van der Waals surface area contributed by atoms with Crippen LogP contribution < -0.4 is 5.73 Å². The molecule has 2 fully saturated rings. The third-order valence-corrected chi connectivity index (χ3v) is 4.80. The highest BCUT2D eigenvalue weighted by molar-refractivity contribution is 7.79. The van der Waals surface area contributed by atoms with E-state index in [4.69, 9.17) is 0 Å². The number of thiol groups is 1. The number of benzene rings is 2. The van der Waals surface area contributed by atoms with Crippen LogP contribution in [-0.4, -0.2) is 44.4 Å². The first-order valence-corrected chi connectivity index (χ1v) is 11.2. The van der Waals surface area contributed by atoms with Gasteiger partial charge in [0.15, 0.2) is 0 Å². The summed E-state index contributed by atoms with van der Waals surface area (Å²) in [6.07, 6.45) is 5.21. The van der Waals surface area contributed by atoms with Crippen LogP contribution in [0.1, 0.15) is 26.2 Å². The summed E-state index contributed by atoms with van der Waals surface area (Å²) < 4.78 is 36.1. The van der Waals surface area contributed by atoms with Crippen molar-refractivity contribution in [1.29, 1.82) is 0 Å². The summed E-state index contributed by atoms with van der Waals surface area (Å²) in [5.41, 5.74) is 5.09. The molecule has 174 valence electrons. The highest BCUT2D eigenvalue weighted by Crippen LogP contribution is 2.33. The number of carbonyl (C=O) groups is 1. The Morgan fingerprint density at radius 2 is 1.45 bits per heavy atom. The van der Waals surface area contributed by atoms with Crippen LogP contribution >= 0.6 is 12.6 Å². The minimum absolute atomic E-state index is 0.0353. The zero-order valence-corrected chi connectivity index (χ0v) is 19.7. The van der Waals surface area contributed by atoms with Gasteiger partial charge in [-0.15, -0.1) is 0 Å². The fourth-order valence-electron chi connectivity index (χ4n) is 2.97. The normalized spacial score (nSPS) is 14.0. The molecule has 1 heterocycles. The second-order valence-electron chi connectivity index (χ2n) is 6.75. The molecule has 31 heavy (non-hydrogen) atoms. The van der Waals surface area contributed by atoms with Gasteiger partial charge in [-0.05, 0) is 56.2 Å². The zero-order valence-electron chi connectivity index (χ0n) is 18.8. The van der Waals surface area contributed by atoms with Crippen molar-refractivity contribution in [3.63, 3.8) is 0 Å². The smallest absolute Gasteiger partial charge is 0.225 e. The third kappa shape index (κ3) is 9.35. The van der Waals surface area contributed by atoms with Gasteiger partial charge in [-0.1, -0.05) is 43.3 Å². The lowest BCUT2D eigenvalue weighted by Crippen LogP contribution is -2.50. The van der Waals surface area contributed by atoms with Gasteiger partial charge in [0.25, 0.3) is 0 Å². The fourth-order valence-corrected chi connectivity index (χ4v) is 2.97. The first-order chi connectivity index (χ1) is 15.1. The van der Waals surface area contributed by atoms with Crippen LogP contribution in [0, 0.1) is 23.5 Å². The number of likely N-dealkylation sites (tertiary alicyclic amines) is 1. The Labute approximate surface area is 190 Å². The summed E-state index contributed by atoms with van der Waals surface area (Å²) in [6.45, 7) is 4.27. The fraction of sp³-hybridized carbons (Fsp3) is 0.458. The van der Waals surface area contributed by atoms with Crippen molar-refractivity contribution in [1.82, 2.24) is 4.90 Å². The molecular weight excluding hydrogens is 421 g/mol. The maximum Gasteiger partial charge on any atom is 0.225 e. The third-order valence-electron chi connectivity index (χ3n) is 4.80. The standard InChI is InChI=1S/C12H8F2.C9H15NO.CH3F.CH5N.CH4S/c13-10-7-4-8-11(14)12(10)9-5-2-1-3-6-9;1-2-7-5-10(6-7)9(11)8-3-4-8;3*1-2/h1-8H;7-8H,2-6H2,1H3;1H3;2H2,1H3;2H,1H3. The molecule has 0 aromatic heterocycles. The lowest BCUT2D eigenvalue weighted by molar-refractivity contribution is -0.138. The van der Waals surface area contributed by atoms with E-state index in [1.54, 1.807) is 30.5 Å². The first-order valence-electron chi connectivity index (χ1n) is 10.3. The predicted octanol–water partition coefficient (Wildman–Crippen LogP) is 5.60. The Morgan fingerprint density at radius 3 is 1.87 bits per heavy atom. The molecule has 1 aliphatic heterocycles. The molecule has 2 aromatic carbocycles. The van der Waals surface area contributed by atoms with E-state index in [9.17, 15) is 18.0 Å². The first kappa shape index (κ1) is 29.0. The van der Waals surface area contributed by atoms with Gasteiger partial charge in [-0.2, -0.15) is 12.6 Å². The molecule has 1 saturated heterocycles. The van der Waals surface area contributed by atoms with Gasteiger partial charge in [0.2, 0.25) is 5.91 Å². The molecule has 0 spiro atoms. The molecule has 0 bridgehead atoms. The van der Waals surface area contributed by atoms with E-state index in [1.165, 1.54) is 31.7 Å². The van der Waals surface area contributed by atoms with Gasteiger partial charge in [0.05, 0.1) is 12.7 Å². The van der Waals surface area contributed by atoms with E-state index in [2.05, 4.69) is 25.3 Å². The number of hydrogen-bond donors (Lipinski definition) is 2. The summed E-state index contributed by atoms with van der Waals surface area (Å²) >= 11 is 3.53. The number of halogens is 3. The molecule has 2 N–H and O–H groups in total. The molecule has 0 atom stereocenters. The van der Waals surface area contributed by atoms with Crippen molar-refractivity contribution in [2.24, 2.45) is 17.6 Å². The maximum absolute atomic E-state index is 13.3. The van der Waals surface area contributed by atoms with E-state index >= 15 is 0 Å². The van der Waals surface area contributed by atoms with Crippen molar-refractivity contribution in [2.45, 2.75) is 26.2 Å². The quantitative estimate of drug-likeness (QED) is 0.591. The number of carbonyl (C=O) groups excluding carboxylic acids is 1. The number of rotatable bonds is 3. The Balaban J connectivity index is 0.000000476. The molecule has 1 aliphatic carbocycles. The average Bonchev–Trinajstić information content (AvgIpc) is 3.64. The second-order valence-corrected chi connectivity index (χ2v) is 6.75. The molecule has 0 unspecified atom stereocenters. The Bertz CT molecular complexity index is 717. The highest BCUT2D eigenvalue weighted by atomic mass is 32.1. The maximum atomic E-state index is 13.3. The number of alkyl halides is 1. The van der Waals surface area contributed by atoms with Crippen molar-refractivity contribution >= 4 is 18.5 Å². The minimum Gasteiger partial charge on any atom is -0.342 e. The second kappa shape index (κ2) is 16.7. The average molecular weight is 457 g/mol. The van der Waals surface area contributed by atoms with Gasteiger partial charge < -0.3 is 10.6 Å². The number of hydrogen-bond acceptors (Lipinski definition) is 3. The van der Waals surface area contributed by atoms with Crippen molar-refractivity contribution in [2.75, 3.05) is 33.6 Å². The molecule has 2 aliphatic rings. The number of nitrogens with two attached hydrogens (primary N) is 1. The van der Waals surface area contributed by atoms with E-state index in [0.29, 0.717) is 24.6 Å². The van der Waals surface area contributed by atoms with Gasteiger partial charge in [0.1, 0.15) is 11.6 Å². The lowest BCUT2D eigenvalue weighted by Gasteiger charge is -2.39. The molecule has 0 radical (unpaired) electrons. The number of nitrogens with zero attached hydrogens (tertiary/aromatic N) is 1. The lowest BCUT2D eigenvalue weighted by atomic mass is 9.97. The Morgan fingerprint density at radius 1 is 0.968 bits per heavy atom. The summed E-state index contributed by atoms with van der Waals surface area (Å²) in [5.74, 6) is 0.590. The summed E-state index contributed by atoms with van der Waals surface area (Å²) in [6, 6.07) is 12.5. The van der Waals surface area contributed by atoms with E-state index < -0.39 is 11.6 Å². The Kier molecular flexibility index (Phi) is 15.6. The molecule has 3 nitrogen and oxygen atoms in total. The van der Waals surface area contributed by atoms with Crippen LogP contribution in [0.2, 0.25) is 0 Å². The van der Waals surface area contributed by atoms with Crippen molar-refractivity contribution in [3.05, 3.63) is 60.2 Å². The Hall–Kier alpha value is -1.99. The van der Waals surface area contributed by atoms with Crippen molar-refractivity contribution < 1.29 is 18.0 Å². The van der Waals surface area contributed by atoms with Crippen LogP contribution in [0.4, 0.5) is 13.2 Å². The van der Waals surface area contributed by atoms with Gasteiger partial charge in [-0.25, -0.2) is 8.78 Å². The molecule has 4 rings (SSSR count). The van der Waals surface area contributed by atoms with Gasteiger partial charge in [0, 0.05) is 19.0 Å². The summed E-state index contributed by atoms with van der Waals surface area (Å²) in [5, 5.41) is 0. The van der Waals surface area contributed by atoms with Crippen LogP contribution in [0.25, 0.3) is 11.1 Å².